The Morgan fingerprint density at radius 1 is 1.00 bits per heavy atom. The highest BCUT2D eigenvalue weighted by atomic mass is 14.0. The molecule has 0 heteroatoms. The molecule has 0 spiro atoms. The van der Waals surface area contributed by atoms with Crippen molar-refractivity contribution < 1.29 is 0 Å². The smallest absolute Gasteiger partial charge is 0.0251 e. The highest BCUT2D eigenvalue weighted by Gasteiger charge is 1.94. The largest absolute Gasteiger partial charge is 0.0979 e. The van der Waals surface area contributed by atoms with Gasteiger partial charge in [0, 0.05) is 12.0 Å². The molecular formula is C17H20. The van der Waals surface area contributed by atoms with Gasteiger partial charge < -0.3 is 0 Å². The van der Waals surface area contributed by atoms with Crippen molar-refractivity contribution in [2.24, 2.45) is 0 Å². The average molecular weight is 224 g/mol. The molecule has 0 aliphatic rings. The van der Waals surface area contributed by atoms with E-state index in [4.69, 9.17) is 0 Å². The number of hydrogen-bond donors (Lipinski definition) is 0. The Bertz CT molecular complexity index is 553. The van der Waals surface area contributed by atoms with E-state index in [0.717, 1.165) is 18.4 Å². The molecule has 0 fully saturated rings. The third kappa shape index (κ3) is 3.36. The molecule has 0 bridgehead atoms. The molecule has 0 aromatic heterocycles. The number of benzene rings is 2. The van der Waals surface area contributed by atoms with Gasteiger partial charge in [-0.05, 0) is 36.2 Å². The van der Waals surface area contributed by atoms with Gasteiger partial charge in [-0.15, -0.1) is 0 Å². The molecule has 0 unspecified atom stereocenters. The van der Waals surface area contributed by atoms with Crippen molar-refractivity contribution in [3.63, 3.8) is 0 Å². The van der Waals surface area contributed by atoms with Crippen molar-refractivity contribution in [2.45, 2.75) is 34.1 Å². The minimum Gasteiger partial charge on any atom is -0.0979 e. The summed E-state index contributed by atoms with van der Waals surface area (Å²) in [6.07, 6.45) is 2.10. The maximum Gasteiger partial charge on any atom is 0.0251 e. The summed E-state index contributed by atoms with van der Waals surface area (Å²) in [5, 5.41) is 2.56. The van der Waals surface area contributed by atoms with Crippen LogP contribution in [0.5, 0.6) is 0 Å². The fourth-order valence-electron chi connectivity index (χ4n) is 1.73. The van der Waals surface area contributed by atoms with Crippen molar-refractivity contribution in [2.75, 3.05) is 0 Å². The first-order valence-corrected chi connectivity index (χ1v) is 5.79. The van der Waals surface area contributed by atoms with Crippen LogP contribution in [-0.2, 0) is 0 Å². The normalized spacial score (nSPS) is 9.29. The molecule has 0 heterocycles. The summed E-state index contributed by atoms with van der Waals surface area (Å²) in [6.45, 7) is 4.27. The zero-order valence-corrected chi connectivity index (χ0v) is 9.88. The fraction of sp³-hybridized carbons (Fsp3) is 0.294. The molecule has 0 radical (unpaired) electrons. The first kappa shape index (κ1) is 13.3. The van der Waals surface area contributed by atoms with Gasteiger partial charge >= 0.3 is 0 Å². The Kier molecular flexibility index (Phi) is 4.79. The van der Waals surface area contributed by atoms with Crippen molar-refractivity contribution in [1.29, 1.82) is 0 Å². The molecular weight excluding hydrogens is 204 g/mol. The Labute approximate surface area is 105 Å². The molecule has 0 aliphatic heterocycles. The van der Waals surface area contributed by atoms with E-state index >= 15 is 0 Å². The Hall–Kier alpha value is -1.74. The Morgan fingerprint density at radius 2 is 1.71 bits per heavy atom. The zero-order valence-electron chi connectivity index (χ0n) is 9.88. The zero-order chi connectivity index (χ0) is 11.4. The molecule has 2 aromatic rings. The van der Waals surface area contributed by atoms with E-state index in [1.807, 2.05) is 0 Å². The number of unbranched alkanes of at least 4 members (excludes halogenated alkanes) is 1. The summed E-state index contributed by atoms with van der Waals surface area (Å²) in [4.78, 5) is 0. The van der Waals surface area contributed by atoms with Crippen molar-refractivity contribution >= 4 is 10.8 Å². The monoisotopic (exact) mass is 224 g/mol. The SMILES string of the molecule is C.CCCC#Cc1ccc2cc(C)ccc2c1. The van der Waals surface area contributed by atoms with E-state index in [-0.39, 0.29) is 7.43 Å². The molecule has 0 N–H and O–H groups in total. The molecule has 2 aromatic carbocycles. The van der Waals surface area contributed by atoms with E-state index in [1.54, 1.807) is 0 Å². The summed E-state index contributed by atoms with van der Waals surface area (Å²) in [5.74, 6) is 6.38. The lowest BCUT2D eigenvalue weighted by Crippen LogP contribution is -1.78. The van der Waals surface area contributed by atoms with Crippen molar-refractivity contribution in [3.8, 4) is 11.8 Å². The summed E-state index contributed by atoms with van der Waals surface area (Å²) in [7, 11) is 0. The van der Waals surface area contributed by atoms with Crippen LogP contribution in [0, 0.1) is 18.8 Å². The molecule has 0 saturated carbocycles. The summed E-state index contributed by atoms with van der Waals surface area (Å²) < 4.78 is 0. The highest BCUT2D eigenvalue weighted by molar-refractivity contribution is 5.84. The first-order valence-electron chi connectivity index (χ1n) is 5.79. The quantitative estimate of drug-likeness (QED) is 0.602. The summed E-state index contributed by atoms with van der Waals surface area (Å²) >= 11 is 0. The second-order valence-electron chi connectivity index (χ2n) is 4.12. The van der Waals surface area contributed by atoms with Gasteiger partial charge in [-0.1, -0.05) is 56.0 Å². The number of hydrogen-bond acceptors (Lipinski definition) is 0. The van der Waals surface area contributed by atoms with Gasteiger partial charge in [-0.2, -0.15) is 0 Å². The number of fused-ring (bicyclic) bond motifs is 1. The second kappa shape index (κ2) is 6.11. The van der Waals surface area contributed by atoms with Gasteiger partial charge in [0.25, 0.3) is 0 Å². The molecule has 0 amide bonds. The molecule has 88 valence electrons. The topological polar surface area (TPSA) is 0 Å². The molecule has 0 atom stereocenters. The Morgan fingerprint density at radius 3 is 2.47 bits per heavy atom. The van der Waals surface area contributed by atoms with Gasteiger partial charge in [-0.25, -0.2) is 0 Å². The fourth-order valence-corrected chi connectivity index (χ4v) is 1.73. The lowest BCUT2D eigenvalue weighted by Gasteiger charge is -1.99. The lowest BCUT2D eigenvalue weighted by molar-refractivity contribution is 0.983. The molecule has 0 aliphatic carbocycles. The van der Waals surface area contributed by atoms with Crippen LogP contribution in [-0.4, -0.2) is 0 Å². The Balaban J connectivity index is 0.00000144. The standard InChI is InChI=1S/C16H16.CH4/c1-3-4-5-6-14-8-10-15-11-13(2)7-9-16(15)12-14;/h7-12H,3-4H2,1-2H3;1H4. The van der Waals surface area contributed by atoms with Gasteiger partial charge in [0.1, 0.15) is 0 Å². The lowest BCUT2D eigenvalue weighted by atomic mass is 10.0. The van der Waals surface area contributed by atoms with Crippen LogP contribution in [0.15, 0.2) is 36.4 Å². The van der Waals surface area contributed by atoms with Crippen molar-refractivity contribution in [1.82, 2.24) is 0 Å². The van der Waals surface area contributed by atoms with Crippen LogP contribution in [0.4, 0.5) is 0 Å². The minimum absolute atomic E-state index is 0. The molecule has 17 heavy (non-hydrogen) atoms. The maximum atomic E-state index is 3.20. The van der Waals surface area contributed by atoms with Gasteiger partial charge in [0.15, 0.2) is 0 Å². The number of aryl methyl sites for hydroxylation is 1. The van der Waals surface area contributed by atoms with E-state index in [9.17, 15) is 0 Å². The van der Waals surface area contributed by atoms with Crippen LogP contribution in [0.1, 0.15) is 38.3 Å². The van der Waals surface area contributed by atoms with Gasteiger partial charge in [0.2, 0.25) is 0 Å². The number of rotatable bonds is 1. The summed E-state index contributed by atoms with van der Waals surface area (Å²) in [6, 6.07) is 12.9. The van der Waals surface area contributed by atoms with Crippen LogP contribution < -0.4 is 0 Å². The van der Waals surface area contributed by atoms with Crippen LogP contribution in [0.3, 0.4) is 0 Å². The van der Waals surface area contributed by atoms with Gasteiger partial charge in [-0.3, -0.25) is 0 Å². The van der Waals surface area contributed by atoms with E-state index in [2.05, 4.69) is 62.1 Å². The molecule has 0 nitrogen and oxygen atoms in total. The van der Waals surface area contributed by atoms with E-state index in [1.165, 1.54) is 16.3 Å². The van der Waals surface area contributed by atoms with Crippen LogP contribution in [0.25, 0.3) is 10.8 Å². The van der Waals surface area contributed by atoms with E-state index < -0.39 is 0 Å². The summed E-state index contributed by atoms with van der Waals surface area (Å²) in [5.41, 5.74) is 2.42. The maximum absolute atomic E-state index is 3.20. The van der Waals surface area contributed by atoms with Crippen molar-refractivity contribution in [3.05, 3.63) is 47.5 Å². The van der Waals surface area contributed by atoms with Gasteiger partial charge in [0.05, 0.1) is 0 Å². The highest BCUT2D eigenvalue weighted by Crippen LogP contribution is 2.17. The van der Waals surface area contributed by atoms with Crippen LogP contribution >= 0.6 is 0 Å². The predicted octanol–water partition coefficient (Wildman–Crippen LogP) is 4.94. The molecule has 2 rings (SSSR count). The predicted molar refractivity (Wildman–Crippen MR) is 77.2 cm³/mol. The third-order valence-electron chi connectivity index (χ3n) is 2.60. The van der Waals surface area contributed by atoms with Crippen LogP contribution in [0.2, 0.25) is 0 Å². The second-order valence-corrected chi connectivity index (χ2v) is 4.12. The molecule has 0 saturated heterocycles. The third-order valence-corrected chi connectivity index (χ3v) is 2.60. The first-order chi connectivity index (χ1) is 7.79. The average Bonchev–Trinajstić information content (AvgIpc) is 2.29. The minimum atomic E-state index is 0. The van der Waals surface area contributed by atoms with E-state index in [0.29, 0.717) is 0 Å².